The van der Waals surface area contributed by atoms with Crippen LogP contribution in [0, 0.1) is 5.92 Å². The van der Waals surface area contributed by atoms with Gasteiger partial charge in [-0.2, -0.15) is 0 Å². The van der Waals surface area contributed by atoms with Crippen molar-refractivity contribution >= 4 is 21.6 Å². The summed E-state index contributed by atoms with van der Waals surface area (Å²) < 4.78 is 2.81. The molecule has 0 radical (unpaired) electrons. The Morgan fingerprint density at radius 3 is 2.80 bits per heavy atom. The lowest BCUT2D eigenvalue weighted by Gasteiger charge is -2.21. The number of anilines is 1. The Morgan fingerprint density at radius 2 is 2.05 bits per heavy atom. The van der Waals surface area contributed by atoms with Crippen molar-refractivity contribution in [3.8, 4) is 11.4 Å². The van der Waals surface area contributed by atoms with Crippen LogP contribution in [0.2, 0.25) is 0 Å². The lowest BCUT2D eigenvalue weighted by Crippen LogP contribution is -2.16. The van der Waals surface area contributed by atoms with E-state index in [9.17, 15) is 0 Å². The average Bonchev–Trinajstić information content (AvgIpc) is 2.91. The molecule has 3 rings (SSSR count). The molecule has 0 atom stereocenters. The van der Waals surface area contributed by atoms with E-state index >= 15 is 0 Å². The quantitative estimate of drug-likeness (QED) is 0.874. The fourth-order valence-corrected chi connectivity index (χ4v) is 3.08. The molecule has 1 heterocycles. The molecule has 2 aromatic rings. The van der Waals surface area contributed by atoms with Crippen LogP contribution in [0.5, 0.6) is 0 Å². The van der Waals surface area contributed by atoms with Gasteiger partial charge in [-0.15, -0.1) is 5.10 Å². The van der Waals surface area contributed by atoms with Crippen molar-refractivity contribution < 1.29 is 0 Å². The zero-order chi connectivity index (χ0) is 13.9. The predicted molar refractivity (Wildman–Crippen MR) is 81.9 cm³/mol. The third-order valence-electron chi connectivity index (χ3n) is 3.94. The van der Waals surface area contributed by atoms with Gasteiger partial charge in [0, 0.05) is 22.3 Å². The van der Waals surface area contributed by atoms with Crippen LogP contribution in [0.25, 0.3) is 11.4 Å². The third kappa shape index (κ3) is 2.85. The van der Waals surface area contributed by atoms with Crippen LogP contribution in [0.3, 0.4) is 0 Å². The van der Waals surface area contributed by atoms with Gasteiger partial charge in [0.1, 0.15) is 0 Å². The van der Waals surface area contributed by atoms with Gasteiger partial charge in [-0.25, -0.2) is 4.68 Å². The summed E-state index contributed by atoms with van der Waals surface area (Å²) >= 11 is 3.41. The summed E-state index contributed by atoms with van der Waals surface area (Å²) in [6.45, 7) is 0.901. The van der Waals surface area contributed by atoms with Gasteiger partial charge < -0.3 is 5.73 Å². The number of tetrazole rings is 1. The number of rotatable bonds is 3. The molecule has 2 N–H and O–H groups in total. The number of halogens is 1. The molecule has 1 aliphatic rings. The molecule has 0 aliphatic heterocycles. The molecule has 1 aliphatic carbocycles. The number of hydrogen-bond donors (Lipinski definition) is 1. The van der Waals surface area contributed by atoms with Crippen LogP contribution >= 0.6 is 15.9 Å². The first-order valence-corrected chi connectivity index (χ1v) is 7.85. The van der Waals surface area contributed by atoms with Crippen molar-refractivity contribution in [2.45, 2.75) is 38.6 Å². The molecule has 0 amide bonds. The standard InChI is InChI=1S/C14H18BrN5/c15-12-7-6-11(8-13(12)16)14-17-18-19-20(14)9-10-4-2-1-3-5-10/h6-8,10H,1-5,9,16H2. The van der Waals surface area contributed by atoms with E-state index in [0.29, 0.717) is 11.6 Å². The molecule has 1 aromatic carbocycles. The molecule has 106 valence electrons. The van der Waals surface area contributed by atoms with E-state index in [1.807, 2.05) is 22.9 Å². The highest BCUT2D eigenvalue weighted by molar-refractivity contribution is 9.10. The molecular weight excluding hydrogens is 318 g/mol. The molecular formula is C14H18BrN5. The van der Waals surface area contributed by atoms with Crippen molar-refractivity contribution in [1.82, 2.24) is 20.2 Å². The average molecular weight is 336 g/mol. The number of nitrogens with two attached hydrogens (primary N) is 1. The minimum absolute atomic E-state index is 0.693. The summed E-state index contributed by atoms with van der Waals surface area (Å²) in [4.78, 5) is 0. The second kappa shape index (κ2) is 5.91. The van der Waals surface area contributed by atoms with Crippen LogP contribution in [-0.2, 0) is 6.54 Å². The Morgan fingerprint density at radius 1 is 1.25 bits per heavy atom. The number of nitrogen functional groups attached to an aromatic ring is 1. The van der Waals surface area contributed by atoms with E-state index in [2.05, 4.69) is 31.5 Å². The fourth-order valence-electron chi connectivity index (χ4n) is 2.83. The molecule has 0 unspecified atom stereocenters. The minimum atomic E-state index is 0.693. The summed E-state index contributed by atoms with van der Waals surface area (Å²) in [5.74, 6) is 1.49. The molecule has 1 fully saturated rings. The Bertz CT molecular complexity index is 589. The summed E-state index contributed by atoms with van der Waals surface area (Å²) in [5, 5.41) is 12.1. The van der Waals surface area contributed by atoms with Crippen molar-refractivity contribution in [3.63, 3.8) is 0 Å². The van der Waals surface area contributed by atoms with Crippen molar-refractivity contribution in [2.24, 2.45) is 5.92 Å². The van der Waals surface area contributed by atoms with Crippen molar-refractivity contribution in [2.75, 3.05) is 5.73 Å². The minimum Gasteiger partial charge on any atom is -0.398 e. The molecule has 0 spiro atoms. The summed E-state index contributed by atoms with van der Waals surface area (Å²) in [7, 11) is 0. The van der Waals surface area contributed by atoms with Crippen LogP contribution < -0.4 is 5.73 Å². The maximum absolute atomic E-state index is 5.94. The highest BCUT2D eigenvalue weighted by atomic mass is 79.9. The largest absolute Gasteiger partial charge is 0.398 e. The SMILES string of the molecule is Nc1cc(-c2nnnn2CC2CCCCC2)ccc1Br. The van der Waals surface area contributed by atoms with E-state index in [4.69, 9.17) is 5.73 Å². The maximum Gasteiger partial charge on any atom is 0.182 e. The Kier molecular flexibility index (Phi) is 4.00. The van der Waals surface area contributed by atoms with Crippen LogP contribution in [0.4, 0.5) is 5.69 Å². The van der Waals surface area contributed by atoms with Gasteiger partial charge >= 0.3 is 0 Å². The molecule has 0 bridgehead atoms. The van der Waals surface area contributed by atoms with Crippen molar-refractivity contribution in [1.29, 1.82) is 0 Å². The first-order valence-electron chi connectivity index (χ1n) is 7.05. The first-order chi connectivity index (χ1) is 9.74. The highest BCUT2D eigenvalue weighted by Crippen LogP contribution is 2.28. The number of benzene rings is 1. The molecule has 20 heavy (non-hydrogen) atoms. The number of aromatic nitrogens is 4. The predicted octanol–water partition coefficient (Wildman–Crippen LogP) is 3.27. The van der Waals surface area contributed by atoms with Crippen LogP contribution in [-0.4, -0.2) is 20.2 Å². The third-order valence-corrected chi connectivity index (χ3v) is 4.66. The number of nitrogens with zero attached hydrogens (tertiary/aromatic N) is 4. The van der Waals surface area contributed by atoms with Gasteiger partial charge in [-0.05, 0) is 63.3 Å². The van der Waals surface area contributed by atoms with E-state index < -0.39 is 0 Å². The van der Waals surface area contributed by atoms with E-state index in [-0.39, 0.29) is 0 Å². The van der Waals surface area contributed by atoms with Gasteiger partial charge in [0.05, 0.1) is 0 Å². The Balaban J connectivity index is 1.83. The van der Waals surface area contributed by atoms with Crippen LogP contribution in [0.15, 0.2) is 22.7 Å². The van der Waals surface area contributed by atoms with Gasteiger partial charge in [0.25, 0.3) is 0 Å². The van der Waals surface area contributed by atoms with E-state index in [1.165, 1.54) is 32.1 Å². The highest BCUT2D eigenvalue weighted by Gasteiger charge is 2.17. The normalized spacial score (nSPS) is 16.4. The van der Waals surface area contributed by atoms with Gasteiger partial charge in [-0.3, -0.25) is 0 Å². The zero-order valence-electron chi connectivity index (χ0n) is 11.3. The van der Waals surface area contributed by atoms with Crippen molar-refractivity contribution in [3.05, 3.63) is 22.7 Å². The topological polar surface area (TPSA) is 69.6 Å². The lowest BCUT2D eigenvalue weighted by molar-refractivity contribution is 0.307. The Hall–Kier alpha value is -1.43. The second-order valence-corrected chi connectivity index (χ2v) is 6.28. The summed E-state index contributed by atoms with van der Waals surface area (Å²) in [6, 6.07) is 5.83. The summed E-state index contributed by atoms with van der Waals surface area (Å²) in [5.41, 5.74) is 7.60. The molecule has 6 heteroatoms. The molecule has 1 aromatic heterocycles. The van der Waals surface area contributed by atoms with E-state index in [1.54, 1.807) is 0 Å². The van der Waals surface area contributed by atoms with Gasteiger partial charge in [0.2, 0.25) is 0 Å². The molecule has 1 saturated carbocycles. The molecule has 0 saturated heterocycles. The lowest BCUT2D eigenvalue weighted by atomic mass is 9.89. The zero-order valence-corrected chi connectivity index (χ0v) is 12.9. The fraction of sp³-hybridized carbons (Fsp3) is 0.500. The van der Waals surface area contributed by atoms with Crippen LogP contribution in [0.1, 0.15) is 32.1 Å². The Labute approximate surface area is 126 Å². The smallest absolute Gasteiger partial charge is 0.182 e. The molecule has 5 nitrogen and oxygen atoms in total. The summed E-state index contributed by atoms with van der Waals surface area (Å²) in [6.07, 6.45) is 6.58. The monoisotopic (exact) mass is 335 g/mol. The van der Waals surface area contributed by atoms with E-state index in [0.717, 1.165) is 22.4 Å². The second-order valence-electron chi connectivity index (χ2n) is 5.42. The van der Waals surface area contributed by atoms with Gasteiger partial charge in [0.15, 0.2) is 5.82 Å². The number of hydrogen-bond acceptors (Lipinski definition) is 4. The maximum atomic E-state index is 5.94. The van der Waals surface area contributed by atoms with Gasteiger partial charge in [-0.1, -0.05) is 19.3 Å². The first kappa shape index (κ1) is 13.5.